The van der Waals surface area contributed by atoms with Crippen LogP contribution in [0.1, 0.15) is 50.4 Å². The van der Waals surface area contributed by atoms with Gasteiger partial charge in [0, 0.05) is 35.5 Å². The summed E-state index contributed by atoms with van der Waals surface area (Å²) in [5.74, 6) is -0.173. The SMILES string of the molecule is CC[C@@]1(COC(C)=O)CCCN2CCc3c([nH]c4ccccc34)[C@@H]21. The van der Waals surface area contributed by atoms with Crippen molar-refractivity contribution in [2.45, 2.75) is 45.6 Å². The quantitative estimate of drug-likeness (QED) is 0.872. The van der Waals surface area contributed by atoms with Crippen LogP contribution in [0.2, 0.25) is 0 Å². The molecule has 1 aromatic carbocycles. The number of hydrogen-bond acceptors (Lipinski definition) is 3. The largest absolute Gasteiger partial charge is 0.465 e. The van der Waals surface area contributed by atoms with Crippen molar-refractivity contribution >= 4 is 16.9 Å². The number of carbonyl (C=O) groups excluding carboxylic acids is 1. The summed E-state index contributed by atoms with van der Waals surface area (Å²) < 4.78 is 5.53. The molecule has 2 atom stereocenters. The number of aromatic nitrogens is 1. The van der Waals surface area contributed by atoms with E-state index in [4.69, 9.17) is 4.74 Å². The maximum Gasteiger partial charge on any atom is 0.302 e. The van der Waals surface area contributed by atoms with Gasteiger partial charge in [-0.3, -0.25) is 9.69 Å². The van der Waals surface area contributed by atoms with Gasteiger partial charge in [-0.25, -0.2) is 0 Å². The van der Waals surface area contributed by atoms with Crippen molar-refractivity contribution in [2.75, 3.05) is 19.7 Å². The monoisotopic (exact) mass is 326 g/mol. The van der Waals surface area contributed by atoms with Gasteiger partial charge in [0.25, 0.3) is 0 Å². The van der Waals surface area contributed by atoms with Crippen molar-refractivity contribution in [1.29, 1.82) is 0 Å². The predicted molar refractivity (Wildman–Crippen MR) is 94.9 cm³/mol. The lowest BCUT2D eigenvalue weighted by molar-refractivity contribution is -0.149. The molecule has 4 heteroatoms. The minimum absolute atomic E-state index is 0.0139. The maximum atomic E-state index is 11.4. The first-order chi connectivity index (χ1) is 11.6. The van der Waals surface area contributed by atoms with E-state index in [9.17, 15) is 4.79 Å². The molecule has 0 saturated carbocycles. The summed E-state index contributed by atoms with van der Waals surface area (Å²) in [5, 5.41) is 1.36. The molecule has 1 saturated heterocycles. The molecular weight excluding hydrogens is 300 g/mol. The van der Waals surface area contributed by atoms with Crippen molar-refractivity contribution in [3.05, 3.63) is 35.5 Å². The van der Waals surface area contributed by atoms with Crippen molar-refractivity contribution < 1.29 is 9.53 Å². The number of fused-ring (bicyclic) bond motifs is 5. The Hall–Kier alpha value is -1.81. The van der Waals surface area contributed by atoms with Gasteiger partial charge < -0.3 is 9.72 Å². The van der Waals surface area contributed by atoms with Crippen LogP contribution >= 0.6 is 0 Å². The van der Waals surface area contributed by atoms with E-state index in [1.54, 1.807) is 0 Å². The summed E-state index contributed by atoms with van der Waals surface area (Å²) in [6, 6.07) is 8.93. The smallest absolute Gasteiger partial charge is 0.302 e. The predicted octanol–water partition coefficient (Wildman–Crippen LogP) is 3.82. The first kappa shape index (κ1) is 15.7. The summed E-state index contributed by atoms with van der Waals surface area (Å²) >= 11 is 0. The molecule has 2 aliphatic heterocycles. The van der Waals surface area contributed by atoms with Gasteiger partial charge in [0.2, 0.25) is 0 Å². The van der Waals surface area contributed by atoms with Crippen LogP contribution in [0.5, 0.6) is 0 Å². The number of carbonyl (C=O) groups is 1. The zero-order valence-electron chi connectivity index (χ0n) is 14.6. The summed E-state index contributed by atoms with van der Waals surface area (Å²) in [6.45, 7) is 6.51. The van der Waals surface area contributed by atoms with E-state index in [1.165, 1.54) is 35.5 Å². The van der Waals surface area contributed by atoms with Gasteiger partial charge in [0.15, 0.2) is 0 Å². The van der Waals surface area contributed by atoms with E-state index >= 15 is 0 Å². The highest BCUT2D eigenvalue weighted by Gasteiger charge is 2.48. The Bertz CT molecular complexity index is 766. The highest BCUT2D eigenvalue weighted by molar-refractivity contribution is 5.85. The van der Waals surface area contributed by atoms with Crippen molar-refractivity contribution in [2.24, 2.45) is 5.41 Å². The highest BCUT2D eigenvalue weighted by Crippen LogP contribution is 2.51. The zero-order chi connectivity index (χ0) is 16.7. The van der Waals surface area contributed by atoms with Gasteiger partial charge in [0.1, 0.15) is 0 Å². The standard InChI is InChI=1S/C20H26N2O2/c1-3-20(13-24-14(2)23)10-6-11-22-12-9-16-15-7-4-5-8-17(15)21-18(16)19(20)22/h4-5,7-8,19,21H,3,6,9-13H2,1-2H3/t19-,20+/m1/s1. The zero-order valence-corrected chi connectivity index (χ0v) is 14.6. The number of esters is 1. The second-order valence-corrected chi connectivity index (χ2v) is 7.35. The molecule has 2 aliphatic rings. The van der Waals surface area contributed by atoms with Crippen LogP contribution in [0.3, 0.4) is 0 Å². The molecule has 0 amide bonds. The Balaban J connectivity index is 1.81. The van der Waals surface area contributed by atoms with Crippen LogP contribution in [-0.2, 0) is 16.0 Å². The Kier molecular flexibility index (Phi) is 3.87. The van der Waals surface area contributed by atoms with Gasteiger partial charge >= 0.3 is 5.97 Å². The fourth-order valence-electron chi connectivity index (χ4n) is 4.86. The Labute approximate surface area is 143 Å². The third-order valence-electron chi connectivity index (χ3n) is 6.10. The molecule has 1 N–H and O–H groups in total. The number of piperidine rings is 1. The normalized spacial score (nSPS) is 26.8. The molecule has 0 bridgehead atoms. The molecule has 1 fully saturated rings. The van der Waals surface area contributed by atoms with Gasteiger partial charge in [0.05, 0.1) is 12.6 Å². The van der Waals surface area contributed by atoms with E-state index in [0.717, 1.165) is 32.4 Å². The van der Waals surface area contributed by atoms with Crippen LogP contribution in [0.25, 0.3) is 10.9 Å². The topological polar surface area (TPSA) is 45.3 Å². The third-order valence-corrected chi connectivity index (χ3v) is 6.10. The molecule has 0 radical (unpaired) electrons. The number of H-pyrrole nitrogens is 1. The number of benzene rings is 1. The van der Waals surface area contributed by atoms with E-state index in [-0.39, 0.29) is 11.4 Å². The summed E-state index contributed by atoms with van der Waals surface area (Å²) in [6.07, 6.45) is 4.42. The molecule has 0 spiro atoms. The number of aromatic amines is 1. The van der Waals surface area contributed by atoms with Gasteiger partial charge in [-0.1, -0.05) is 25.1 Å². The molecule has 0 aliphatic carbocycles. The fraction of sp³-hybridized carbons (Fsp3) is 0.550. The lowest BCUT2D eigenvalue weighted by atomic mass is 9.68. The first-order valence-corrected chi connectivity index (χ1v) is 9.11. The lowest BCUT2D eigenvalue weighted by Gasteiger charge is -2.51. The van der Waals surface area contributed by atoms with Crippen molar-refractivity contribution in [3.63, 3.8) is 0 Å². The van der Waals surface area contributed by atoms with E-state index in [1.807, 2.05) is 0 Å². The number of hydrogen-bond donors (Lipinski definition) is 1. The Morgan fingerprint density at radius 2 is 2.21 bits per heavy atom. The Morgan fingerprint density at radius 1 is 1.38 bits per heavy atom. The van der Waals surface area contributed by atoms with Crippen LogP contribution in [0.15, 0.2) is 24.3 Å². The average molecular weight is 326 g/mol. The summed E-state index contributed by atoms with van der Waals surface area (Å²) in [5.41, 5.74) is 4.07. The third kappa shape index (κ3) is 2.35. The number of nitrogens with zero attached hydrogens (tertiary/aromatic N) is 1. The number of ether oxygens (including phenoxy) is 1. The number of para-hydroxylation sites is 1. The first-order valence-electron chi connectivity index (χ1n) is 9.11. The lowest BCUT2D eigenvalue weighted by Crippen LogP contribution is -2.51. The molecule has 4 rings (SSSR count). The van der Waals surface area contributed by atoms with E-state index < -0.39 is 0 Å². The molecule has 128 valence electrons. The van der Waals surface area contributed by atoms with Gasteiger partial charge in [-0.15, -0.1) is 0 Å². The number of nitrogens with one attached hydrogen (secondary N) is 1. The van der Waals surface area contributed by atoms with Crippen molar-refractivity contribution in [1.82, 2.24) is 9.88 Å². The molecule has 3 heterocycles. The highest BCUT2D eigenvalue weighted by atomic mass is 16.5. The molecule has 0 unspecified atom stereocenters. The molecular formula is C20H26N2O2. The maximum absolute atomic E-state index is 11.4. The molecule has 1 aromatic heterocycles. The van der Waals surface area contributed by atoms with Gasteiger partial charge in [-0.05, 0) is 43.9 Å². The summed E-state index contributed by atoms with van der Waals surface area (Å²) in [7, 11) is 0. The molecule has 24 heavy (non-hydrogen) atoms. The fourth-order valence-corrected chi connectivity index (χ4v) is 4.86. The van der Waals surface area contributed by atoms with Crippen LogP contribution < -0.4 is 0 Å². The number of rotatable bonds is 3. The van der Waals surface area contributed by atoms with Crippen LogP contribution in [-0.4, -0.2) is 35.5 Å². The second-order valence-electron chi connectivity index (χ2n) is 7.35. The summed E-state index contributed by atoms with van der Waals surface area (Å²) in [4.78, 5) is 17.8. The Morgan fingerprint density at radius 3 is 3.00 bits per heavy atom. The minimum Gasteiger partial charge on any atom is -0.465 e. The van der Waals surface area contributed by atoms with E-state index in [2.05, 4.69) is 41.1 Å². The van der Waals surface area contributed by atoms with E-state index in [0.29, 0.717) is 12.6 Å². The van der Waals surface area contributed by atoms with Crippen molar-refractivity contribution in [3.8, 4) is 0 Å². The van der Waals surface area contributed by atoms with Crippen LogP contribution in [0.4, 0.5) is 0 Å². The minimum atomic E-state index is -0.173. The van der Waals surface area contributed by atoms with Gasteiger partial charge in [-0.2, -0.15) is 0 Å². The second kappa shape index (κ2) is 5.92. The average Bonchev–Trinajstić information content (AvgIpc) is 2.98. The molecule has 2 aromatic rings. The van der Waals surface area contributed by atoms with Crippen LogP contribution in [0, 0.1) is 5.41 Å². The molecule has 4 nitrogen and oxygen atoms in total.